The van der Waals surface area contributed by atoms with Crippen LogP contribution in [0, 0.1) is 5.92 Å². The fraction of sp³-hybridized carbons (Fsp3) is 0.600. The maximum atomic E-state index is 9.42. The molecule has 0 bridgehead atoms. The van der Waals surface area contributed by atoms with Crippen molar-refractivity contribution in [3.63, 3.8) is 0 Å². The Morgan fingerprint density at radius 2 is 1.70 bits per heavy atom. The SMILES string of the molecule is Cl.Cl.Oc1ccc([C@H](CC2CC2)N2CCNCC2)cc1. The Morgan fingerprint density at radius 1 is 1.10 bits per heavy atom. The Bertz CT molecular complexity index is 389. The summed E-state index contributed by atoms with van der Waals surface area (Å²) in [4.78, 5) is 2.60. The lowest BCUT2D eigenvalue weighted by atomic mass is 9.98. The van der Waals surface area contributed by atoms with Gasteiger partial charge in [0.05, 0.1) is 0 Å². The molecule has 1 saturated carbocycles. The maximum absolute atomic E-state index is 9.42. The Hall–Kier alpha value is -0.480. The molecule has 1 saturated heterocycles. The van der Waals surface area contributed by atoms with Crippen LogP contribution in [0.15, 0.2) is 24.3 Å². The second-order valence-electron chi connectivity index (χ2n) is 5.57. The van der Waals surface area contributed by atoms with E-state index in [1.807, 2.05) is 12.1 Å². The molecular weight excluding hydrogens is 295 g/mol. The summed E-state index contributed by atoms with van der Waals surface area (Å²) in [5.74, 6) is 1.29. The molecule has 5 heteroatoms. The van der Waals surface area contributed by atoms with Gasteiger partial charge < -0.3 is 10.4 Å². The van der Waals surface area contributed by atoms with E-state index in [9.17, 15) is 5.11 Å². The van der Waals surface area contributed by atoms with Crippen molar-refractivity contribution in [2.45, 2.75) is 25.3 Å². The minimum absolute atomic E-state index is 0. The third-order valence-corrected chi connectivity index (χ3v) is 4.12. The number of phenolic OH excluding ortho intramolecular Hbond substituents is 1. The van der Waals surface area contributed by atoms with Gasteiger partial charge in [0.25, 0.3) is 0 Å². The lowest BCUT2D eigenvalue weighted by Crippen LogP contribution is -2.45. The molecule has 2 aliphatic rings. The van der Waals surface area contributed by atoms with Crippen molar-refractivity contribution >= 4 is 24.8 Å². The molecule has 1 aromatic rings. The van der Waals surface area contributed by atoms with Gasteiger partial charge in [-0.25, -0.2) is 0 Å². The zero-order valence-electron chi connectivity index (χ0n) is 11.6. The number of piperazine rings is 1. The Morgan fingerprint density at radius 3 is 2.25 bits per heavy atom. The minimum Gasteiger partial charge on any atom is -0.508 e. The van der Waals surface area contributed by atoms with Crippen LogP contribution >= 0.6 is 24.8 Å². The van der Waals surface area contributed by atoms with Crippen molar-refractivity contribution in [1.29, 1.82) is 0 Å². The molecule has 20 heavy (non-hydrogen) atoms. The highest BCUT2D eigenvalue weighted by Gasteiger charge is 2.30. The highest BCUT2D eigenvalue weighted by Crippen LogP contribution is 2.40. The Balaban J connectivity index is 0.000001000. The van der Waals surface area contributed by atoms with E-state index in [1.54, 1.807) is 0 Å². The summed E-state index contributed by atoms with van der Waals surface area (Å²) in [6.45, 7) is 4.47. The van der Waals surface area contributed by atoms with E-state index in [0.717, 1.165) is 32.1 Å². The summed E-state index contributed by atoms with van der Waals surface area (Å²) in [6, 6.07) is 8.35. The van der Waals surface area contributed by atoms with Crippen LogP contribution in [0.3, 0.4) is 0 Å². The number of phenols is 1. The number of benzene rings is 1. The summed E-state index contributed by atoms with van der Waals surface area (Å²) in [5.41, 5.74) is 1.36. The number of halogens is 2. The number of hydrogen-bond donors (Lipinski definition) is 2. The van der Waals surface area contributed by atoms with Crippen molar-refractivity contribution in [2.24, 2.45) is 5.92 Å². The van der Waals surface area contributed by atoms with Gasteiger partial charge in [-0.2, -0.15) is 0 Å². The van der Waals surface area contributed by atoms with Gasteiger partial charge in [-0.1, -0.05) is 25.0 Å². The van der Waals surface area contributed by atoms with E-state index in [4.69, 9.17) is 0 Å². The van der Waals surface area contributed by atoms with Crippen LogP contribution in [0.2, 0.25) is 0 Å². The van der Waals surface area contributed by atoms with Gasteiger partial charge in [0.2, 0.25) is 0 Å². The predicted molar refractivity (Wildman–Crippen MR) is 87.1 cm³/mol. The largest absolute Gasteiger partial charge is 0.508 e. The molecule has 3 rings (SSSR count). The van der Waals surface area contributed by atoms with Gasteiger partial charge in [0.15, 0.2) is 0 Å². The van der Waals surface area contributed by atoms with Gasteiger partial charge in [0, 0.05) is 32.2 Å². The van der Waals surface area contributed by atoms with Crippen molar-refractivity contribution in [2.75, 3.05) is 26.2 Å². The quantitative estimate of drug-likeness (QED) is 0.896. The first kappa shape index (κ1) is 17.6. The number of hydrogen-bond acceptors (Lipinski definition) is 3. The standard InChI is InChI=1S/C15H22N2O.2ClH/c18-14-5-3-13(4-6-14)15(11-12-1-2-12)17-9-7-16-8-10-17;;/h3-6,12,15-16,18H,1-2,7-11H2;2*1H/t15-;;/m0../s1. The third-order valence-electron chi connectivity index (χ3n) is 4.12. The van der Waals surface area contributed by atoms with Crippen molar-refractivity contribution < 1.29 is 5.11 Å². The van der Waals surface area contributed by atoms with Crippen LogP contribution in [0.5, 0.6) is 5.75 Å². The van der Waals surface area contributed by atoms with E-state index in [2.05, 4.69) is 22.3 Å². The molecule has 1 aliphatic carbocycles. The zero-order valence-corrected chi connectivity index (χ0v) is 13.3. The molecule has 0 radical (unpaired) electrons. The monoisotopic (exact) mass is 318 g/mol. The van der Waals surface area contributed by atoms with Crippen molar-refractivity contribution in [1.82, 2.24) is 10.2 Å². The lowest BCUT2D eigenvalue weighted by Gasteiger charge is -2.35. The van der Waals surface area contributed by atoms with Crippen LogP contribution in [-0.4, -0.2) is 36.2 Å². The molecule has 2 fully saturated rings. The van der Waals surface area contributed by atoms with Crippen LogP contribution in [0.4, 0.5) is 0 Å². The van der Waals surface area contributed by atoms with Gasteiger partial charge in [-0.15, -0.1) is 24.8 Å². The smallest absolute Gasteiger partial charge is 0.115 e. The summed E-state index contributed by atoms with van der Waals surface area (Å²) < 4.78 is 0. The summed E-state index contributed by atoms with van der Waals surface area (Å²) in [5, 5.41) is 12.8. The first-order chi connectivity index (χ1) is 8.83. The molecule has 114 valence electrons. The van der Waals surface area contributed by atoms with Crippen molar-refractivity contribution in [3.05, 3.63) is 29.8 Å². The van der Waals surface area contributed by atoms with Crippen LogP contribution in [-0.2, 0) is 0 Å². The van der Waals surface area contributed by atoms with Gasteiger partial charge in [-0.05, 0) is 30.0 Å². The molecule has 1 aromatic carbocycles. The molecular formula is C15H24Cl2N2O. The minimum atomic E-state index is 0. The normalized spacial score (nSPS) is 20.6. The van der Waals surface area contributed by atoms with Gasteiger partial charge in [-0.3, -0.25) is 4.90 Å². The first-order valence-corrected chi connectivity index (χ1v) is 7.06. The molecule has 1 aliphatic heterocycles. The average molecular weight is 319 g/mol. The number of nitrogens with zero attached hydrogens (tertiary/aromatic N) is 1. The van der Waals surface area contributed by atoms with E-state index < -0.39 is 0 Å². The summed E-state index contributed by atoms with van der Waals surface area (Å²) in [7, 11) is 0. The van der Waals surface area contributed by atoms with E-state index in [1.165, 1.54) is 24.8 Å². The van der Waals surface area contributed by atoms with E-state index >= 15 is 0 Å². The van der Waals surface area contributed by atoms with Crippen LogP contribution in [0.25, 0.3) is 0 Å². The highest BCUT2D eigenvalue weighted by molar-refractivity contribution is 5.85. The molecule has 0 aromatic heterocycles. The maximum Gasteiger partial charge on any atom is 0.115 e. The molecule has 0 unspecified atom stereocenters. The lowest BCUT2D eigenvalue weighted by molar-refractivity contribution is 0.160. The van der Waals surface area contributed by atoms with Gasteiger partial charge in [0.1, 0.15) is 5.75 Å². The predicted octanol–water partition coefficient (Wildman–Crippen LogP) is 2.98. The zero-order chi connectivity index (χ0) is 12.4. The molecule has 1 atom stereocenters. The summed E-state index contributed by atoms with van der Waals surface area (Å²) >= 11 is 0. The van der Waals surface area contributed by atoms with E-state index in [-0.39, 0.29) is 24.8 Å². The molecule has 1 heterocycles. The number of rotatable bonds is 4. The fourth-order valence-corrected chi connectivity index (χ4v) is 2.86. The van der Waals surface area contributed by atoms with E-state index in [0.29, 0.717) is 11.8 Å². The molecule has 3 nitrogen and oxygen atoms in total. The fourth-order valence-electron chi connectivity index (χ4n) is 2.86. The average Bonchev–Trinajstić information content (AvgIpc) is 3.22. The Kier molecular flexibility index (Phi) is 7.10. The molecule has 0 amide bonds. The highest BCUT2D eigenvalue weighted by atomic mass is 35.5. The molecule has 0 spiro atoms. The van der Waals surface area contributed by atoms with Gasteiger partial charge >= 0.3 is 0 Å². The number of aromatic hydroxyl groups is 1. The number of nitrogens with one attached hydrogen (secondary N) is 1. The Labute approximate surface area is 133 Å². The van der Waals surface area contributed by atoms with Crippen LogP contribution < -0.4 is 5.32 Å². The summed E-state index contributed by atoms with van der Waals surface area (Å²) in [6.07, 6.45) is 4.09. The van der Waals surface area contributed by atoms with Crippen molar-refractivity contribution in [3.8, 4) is 5.75 Å². The third kappa shape index (κ3) is 4.52. The second-order valence-corrected chi connectivity index (χ2v) is 5.57. The second kappa shape index (κ2) is 8.08. The first-order valence-electron chi connectivity index (χ1n) is 7.06. The topological polar surface area (TPSA) is 35.5 Å². The van der Waals surface area contributed by atoms with Crippen LogP contribution in [0.1, 0.15) is 30.9 Å². The molecule has 2 N–H and O–H groups in total.